The maximum Gasteiger partial charge on any atom is 0.346 e. The number of hydrogen-bond acceptors (Lipinski definition) is 3. The molecule has 0 bridgehead atoms. The van der Waals surface area contributed by atoms with Crippen LogP contribution in [0.4, 0.5) is 0 Å². The summed E-state index contributed by atoms with van der Waals surface area (Å²) in [4.78, 5) is 24.4. The molecular weight excluding hydrogens is 292 g/mol. The first-order valence-corrected chi connectivity index (χ1v) is 8.12. The quantitative estimate of drug-likeness (QED) is 0.927. The summed E-state index contributed by atoms with van der Waals surface area (Å²) >= 11 is 0. The highest BCUT2D eigenvalue weighted by Gasteiger charge is 2.17. The molecule has 2 aromatic rings. The standard InChI is InChI=1S/C17H22N4O2/c1-13-6-5-7-14(10-13)11-18-16(22)12-21-17(23)20-9-4-2-3-8-15(20)19-21/h5-7,10H,2-4,8-9,11-12H2,1H3,(H,18,22). The van der Waals surface area contributed by atoms with Crippen LogP contribution in [-0.4, -0.2) is 20.3 Å². The zero-order valence-electron chi connectivity index (χ0n) is 13.4. The Bertz CT molecular complexity index is 760. The van der Waals surface area contributed by atoms with Gasteiger partial charge >= 0.3 is 5.69 Å². The number of fused-ring (bicyclic) bond motifs is 1. The van der Waals surface area contributed by atoms with Gasteiger partial charge in [-0.15, -0.1) is 0 Å². The lowest BCUT2D eigenvalue weighted by Gasteiger charge is -2.06. The molecule has 0 atom stereocenters. The number of nitrogens with zero attached hydrogens (tertiary/aromatic N) is 3. The van der Waals surface area contributed by atoms with Gasteiger partial charge in [-0.1, -0.05) is 36.2 Å². The smallest absolute Gasteiger partial charge is 0.346 e. The van der Waals surface area contributed by atoms with Gasteiger partial charge in [-0.3, -0.25) is 9.36 Å². The average Bonchev–Trinajstić information content (AvgIpc) is 2.71. The predicted molar refractivity (Wildman–Crippen MR) is 87.1 cm³/mol. The van der Waals surface area contributed by atoms with E-state index in [1.165, 1.54) is 4.68 Å². The lowest BCUT2D eigenvalue weighted by atomic mass is 10.1. The first kappa shape index (κ1) is 15.5. The Balaban J connectivity index is 1.63. The maximum atomic E-state index is 12.3. The van der Waals surface area contributed by atoms with E-state index in [0.29, 0.717) is 13.1 Å². The predicted octanol–water partition coefficient (Wildman–Crippen LogP) is 1.40. The largest absolute Gasteiger partial charge is 0.350 e. The normalized spacial score (nSPS) is 14.1. The van der Waals surface area contributed by atoms with Gasteiger partial charge < -0.3 is 5.32 Å². The molecule has 1 aromatic heterocycles. The highest BCUT2D eigenvalue weighted by atomic mass is 16.2. The minimum atomic E-state index is -0.193. The van der Waals surface area contributed by atoms with Crippen LogP contribution in [0.2, 0.25) is 0 Å². The van der Waals surface area contributed by atoms with Crippen molar-refractivity contribution in [3.63, 3.8) is 0 Å². The monoisotopic (exact) mass is 314 g/mol. The molecule has 2 heterocycles. The van der Waals surface area contributed by atoms with Gasteiger partial charge in [0.15, 0.2) is 0 Å². The average molecular weight is 314 g/mol. The zero-order valence-corrected chi connectivity index (χ0v) is 13.4. The Morgan fingerprint density at radius 1 is 1.30 bits per heavy atom. The number of aromatic nitrogens is 3. The Hall–Kier alpha value is -2.37. The van der Waals surface area contributed by atoms with E-state index in [1.54, 1.807) is 4.57 Å². The van der Waals surface area contributed by atoms with Crippen molar-refractivity contribution in [3.05, 3.63) is 51.7 Å². The molecule has 0 aliphatic carbocycles. The van der Waals surface area contributed by atoms with E-state index >= 15 is 0 Å². The lowest BCUT2D eigenvalue weighted by Crippen LogP contribution is -2.33. The Labute approximate surface area is 135 Å². The third-order valence-electron chi connectivity index (χ3n) is 4.15. The lowest BCUT2D eigenvalue weighted by molar-refractivity contribution is -0.122. The SMILES string of the molecule is Cc1cccc(CNC(=O)Cn2nc3n(c2=O)CCCCC3)c1. The number of amides is 1. The summed E-state index contributed by atoms with van der Waals surface area (Å²) in [7, 11) is 0. The fourth-order valence-corrected chi connectivity index (χ4v) is 2.94. The van der Waals surface area contributed by atoms with Crippen LogP contribution >= 0.6 is 0 Å². The number of rotatable bonds is 4. The van der Waals surface area contributed by atoms with E-state index in [9.17, 15) is 9.59 Å². The van der Waals surface area contributed by atoms with Crippen LogP contribution in [-0.2, 0) is 30.8 Å². The third-order valence-corrected chi connectivity index (χ3v) is 4.15. The second-order valence-corrected chi connectivity index (χ2v) is 6.08. The third kappa shape index (κ3) is 3.70. The number of benzene rings is 1. The minimum Gasteiger partial charge on any atom is -0.350 e. The summed E-state index contributed by atoms with van der Waals surface area (Å²) in [5.41, 5.74) is 2.03. The van der Waals surface area contributed by atoms with E-state index in [-0.39, 0.29) is 18.1 Å². The molecule has 1 aliphatic heterocycles. The minimum absolute atomic E-state index is 0.0232. The van der Waals surface area contributed by atoms with Gasteiger partial charge in [0, 0.05) is 19.5 Å². The summed E-state index contributed by atoms with van der Waals surface area (Å²) in [6.07, 6.45) is 3.99. The molecule has 0 unspecified atom stereocenters. The molecule has 1 aliphatic rings. The Kier molecular flexibility index (Phi) is 4.60. The van der Waals surface area contributed by atoms with E-state index in [1.807, 2.05) is 31.2 Å². The molecule has 0 saturated heterocycles. The van der Waals surface area contributed by atoms with Crippen molar-refractivity contribution in [3.8, 4) is 0 Å². The number of carbonyl (C=O) groups is 1. The molecular formula is C17H22N4O2. The first-order chi connectivity index (χ1) is 11.1. The van der Waals surface area contributed by atoms with E-state index in [0.717, 1.165) is 42.6 Å². The van der Waals surface area contributed by atoms with Crippen molar-refractivity contribution in [2.24, 2.45) is 0 Å². The van der Waals surface area contributed by atoms with Crippen molar-refractivity contribution in [1.82, 2.24) is 19.7 Å². The van der Waals surface area contributed by atoms with Gasteiger partial charge in [0.2, 0.25) is 5.91 Å². The molecule has 0 spiro atoms. The Morgan fingerprint density at radius 2 is 2.17 bits per heavy atom. The van der Waals surface area contributed by atoms with Gasteiger partial charge in [0.05, 0.1) is 0 Å². The van der Waals surface area contributed by atoms with Crippen LogP contribution in [0.15, 0.2) is 29.1 Å². The highest BCUT2D eigenvalue weighted by molar-refractivity contribution is 5.75. The summed E-state index contributed by atoms with van der Waals surface area (Å²) in [6, 6.07) is 7.99. The van der Waals surface area contributed by atoms with Gasteiger partial charge in [-0.05, 0) is 25.3 Å². The molecule has 6 nitrogen and oxygen atoms in total. The molecule has 6 heteroatoms. The van der Waals surface area contributed by atoms with Crippen LogP contribution in [0.3, 0.4) is 0 Å². The van der Waals surface area contributed by atoms with Gasteiger partial charge in [0.25, 0.3) is 0 Å². The molecule has 0 radical (unpaired) electrons. The maximum absolute atomic E-state index is 12.3. The van der Waals surface area contributed by atoms with Crippen molar-refractivity contribution >= 4 is 5.91 Å². The molecule has 23 heavy (non-hydrogen) atoms. The summed E-state index contributed by atoms with van der Waals surface area (Å²) in [6.45, 7) is 3.16. The van der Waals surface area contributed by atoms with E-state index < -0.39 is 0 Å². The first-order valence-electron chi connectivity index (χ1n) is 8.12. The van der Waals surface area contributed by atoms with E-state index in [2.05, 4.69) is 10.4 Å². The number of nitrogens with one attached hydrogen (secondary N) is 1. The second kappa shape index (κ2) is 6.81. The van der Waals surface area contributed by atoms with Crippen LogP contribution in [0.5, 0.6) is 0 Å². The van der Waals surface area contributed by atoms with Crippen LogP contribution < -0.4 is 11.0 Å². The second-order valence-electron chi connectivity index (χ2n) is 6.08. The van der Waals surface area contributed by atoms with Crippen LogP contribution in [0, 0.1) is 6.92 Å². The van der Waals surface area contributed by atoms with E-state index in [4.69, 9.17) is 0 Å². The topological polar surface area (TPSA) is 68.9 Å². The van der Waals surface area contributed by atoms with Crippen molar-refractivity contribution < 1.29 is 4.79 Å². The summed E-state index contributed by atoms with van der Waals surface area (Å²) in [5.74, 6) is 0.612. The highest BCUT2D eigenvalue weighted by Crippen LogP contribution is 2.10. The number of carbonyl (C=O) groups excluding carboxylic acids is 1. The zero-order chi connectivity index (χ0) is 16.2. The number of hydrogen-bond donors (Lipinski definition) is 1. The van der Waals surface area contributed by atoms with Crippen molar-refractivity contribution in [2.45, 2.75) is 52.2 Å². The van der Waals surface area contributed by atoms with Gasteiger partial charge in [-0.25, -0.2) is 9.48 Å². The molecule has 1 amide bonds. The fraction of sp³-hybridized carbons (Fsp3) is 0.471. The molecule has 1 aromatic carbocycles. The fourth-order valence-electron chi connectivity index (χ4n) is 2.94. The summed E-state index contributed by atoms with van der Waals surface area (Å²) < 4.78 is 2.99. The summed E-state index contributed by atoms with van der Waals surface area (Å²) in [5, 5.41) is 7.17. The molecule has 3 rings (SSSR count). The van der Waals surface area contributed by atoms with Gasteiger partial charge in [-0.2, -0.15) is 5.10 Å². The molecule has 0 saturated carbocycles. The van der Waals surface area contributed by atoms with Crippen LogP contribution in [0.1, 0.15) is 36.2 Å². The van der Waals surface area contributed by atoms with Crippen molar-refractivity contribution in [2.75, 3.05) is 0 Å². The number of aryl methyl sites for hydroxylation is 2. The molecule has 122 valence electrons. The molecule has 0 fully saturated rings. The van der Waals surface area contributed by atoms with Crippen molar-refractivity contribution in [1.29, 1.82) is 0 Å². The van der Waals surface area contributed by atoms with Crippen LogP contribution in [0.25, 0.3) is 0 Å². The van der Waals surface area contributed by atoms with Gasteiger partial charge in [0.1, 0.15) is 12.4 Å². The Morgan fingerprint density at radius 3 is 3.00 bits per heavy atom. The molecule has 1 N–H and O–H groups in total.